The molecule has 1 aromatic heterocycles. The molecule has 0 amide bonds. The SMILES string of the molecule is COc1ccc2oc(C=O)c(OC)c2c1. The van der Waals surface area contributed by atoms with Crippen LogP contribution in [0.15, 0.2) is 22.6 Å². The van der Waals surface area contributed by atoms with Gasteiger partial charge in [0.15, 0.2) is 12.0 Å². The van der Waals surface area contributed by atoms with Crippen LogP contribution in [0.4, 0.5) is 0 Å². The van der Waals surface area contributed by atoms with Gasteiger partial charge in [-0.1, -0.05) is 0 Å². The third kappa shape index (κ3) is 1.44. The van der Waals surface area contributed by atoms with E-state index in [2.05, 4.69) is 0 Å². The molecule has 1 heterocycles. The van der Waals surface area contributed by atoms with Gasteiger partial charge in [0.1, 0.15) is 11.3 Å². The number of furan rings is 1. The number of benzene rings is 1. The molecule has 0 unspecified atom stereocenters. The first kappa shape index (κ1) is 9.58. The molecule has 0 atom stereocenters. The minimum Gasteiger partial charge on any atom is -0.497 e. The van der Waals surface area contributed by atoms with Crippen LogP contribution in [-0.2, 0) is 0 Å². The van der Waals surface area contributed by atoms with Gasteiger partial charge in [-0.2, -0.15) is 0 Å². The Hall–Kier alpha value is -1.97. The zero-order valence-corrected chi connectivity index (χ0v) is 8.44. The molecule has 0 aliphatic rings. The van der Waals surface area contributed by atoms with E-state index in [4.69, 9.17) is 13.9 Å². The summed E-state index contributed by atoms with van der Waals surface area (Å²) in [7, 11) is 3.07. The number of methoxy groups -OCH3 is 2. The van der Waals surface area contributed by atoms with Crippen LogP contribution >= 0.6 is 0 Å². The molecular weight excluding hydrogens is 196 g/mol. The predicted molar refractivity (Wildman–Crippen MR) is 54.7 cm³/mol. The number of aldehydes is 1. The zero-order valence-electron chi connectivity index (χ0n) is 8.44. The van der Waals surface area contributed by atoms with E-state index in [1.807, 2.05) is 0 Å². The highest BCUT2D eigenvalue weighted by molar-refractivity contribution is 5.93. The Bertz CT molecular complexity index is 499. The molecule has 78 valence electrons. The quantitative estimate of drug-likeness (QED) is 0.723. The van der Waals surface area contributed by atoms with Crippen LogP contribution in [-0.4, -0.2) is 20.5 Å². The topological polar surface area (TPSA) is 48.7 Å². The number of carbonyl (C=O) groups is 1. The first-order chi connectivity index (χ1) is 7.30. The molecule has 0 spiro atoms. The average Bonchev–Trinajstić information content (AvgIpc) is 2.65. The van der Waals surface area contributed by atoms with Crippen LogP contribution < -0.4 is 9.47 Å². The first-order valence-electron chi connectivity index (χ1n) is 4.40. The Morgan fingerprint density at radius 3 is 2.67 bits per heavy atom. The molecule has 0 aliphatic carbocycles. The maximum atomic E-state index is 10.7. The van der Waals surface area contributed by atoms with Crippen molar-refractivity contribution in [2.24, 2.45) is 0 Å². The number of ether oxygens (including phenoxy) is 2. The predicted octanol–water partition coefficient (Wildman–Crippen LogP) is 2.26. The lowest BCUT2D eigenvalue weighted by molar-refractivity contribution is 0.109. The summed E-state index contributed by atoms with van der Waals surface area (Å²) in [6.45, 7) is 0. The van der Waals surface area contributed by atoms with Crippen LogP contribution in [0, 0.1) is 0 Å². The standard InChI is InChI=1S/C11H10O4/c1-13-7-3-4-9-8(5-7)11(14-2)10(6-12)15-9/h3-6H,1-2H3. The van der Waals surface area contributed by atoms with Crippen LogP contribution in [0.2, 0.25) is 0 Å². The molecule has 2 rings (SSSR count). The summed E-state index contributed by atoms with van der Waals surface area (Å²) in [5.74, 6) is 1.33. The monoisotopic (exact) mass is 206 g/mol. The van der Waals surface area contributed by atoms with Crippen LogP contribution in [0.5, 0.6) is 11.5 Å². The van der Waals surface area contributed by atoms with E-state index < -0.39 is 0 Å². The van der Waals surface area contributed by atoms with Crippen molar-refractivity contribution < 1.29 is 18.7 Å². The second kappa shape index (κ2) is 3.65. The highest BCUT2D eigenvalue weighted by Gasteiger charge is 2.14. The summed E-state index contributed by atoms with van der Waals surface area (Å²) in [4.78, 5) is 10.7. The maximum Gasteiger partial charge on any atom is 0.209 e. The van der Waals surface area contributed by atoms with Crippen molar-refractivity contribution in [3.05, 3.63) is 24.0 Å². The Balaban J connectivity index is 2.73. The van der Waals surface area contributed by atoms with Crippen molar-refractivity contribution in [1.82, 2.24) is 0 Å². The van der Waals surface area contributed by atoms with E-state index in [9.17, 15) is 4.79 Å². The van der Waals surface area contributed by atoms with Gasteiger partial charge in [-0.3, -0.25) is 4.79 Å². The fourth-order valence-electron chi connectivity index (χ4n) is 1.49. The number of fused-ring (bicyclic) bond motifs is 1. The lowest BCUT2D eigenvalue weighted by Crippen LogP contribution is -1.86. The lowest BCUT2D eigenvalue weighted by Gasteiger charge is -1.99. The number of rotatable bonds is 3. The number of hydrogen-bond donors (Lipinski definition) is 0. The van der Waals surface area contributed by atoms with Crippen molar-refractivity contribution in [2.75, 3.05) is 14.2 Å². The van der Waals surface area contributed by atoms with Gasteiger partial charge in [-0.15, -0.1) is 0 Å². The van der Waals surface area contributed by atoms with E-state index in [0.717, 1.165) is 5.39 Å². The number of hydrogen-bond acceptors (Lipinski definition) is 4. The van der Waals surface area contributed by atoms with Crippen molar-refractivity contribution in [3.8, 4) is 11.5 Å². The minimum atomic E-state index is 0.195. The summed E-state index contributed by atoms with van der Waals surface area (Å²) in [5.41, 5.74) is 0.606. The summed E-state index contributed by atoms with van der Waals surface area (Å²) in [6.07, 6.45) is 0.630. The molecule has 0 N–H and O–H groups in total. The smallest absolute Gasteiger partial charge is 0.209 e. The average molecular weight is 206 g/mol. The molecule has 0 saturated carbocycles. The molecule has 15 heavy (non-hydrogen) atoms. The highest BCUT2D eigenvalue weighted by atomic mass is 16.5. The van der Waals surface area contributed by atoms with Gasteiger partial charge in [0.05, 0.1) is 19.6 Å². The largest absolute Gasteiger partial charge is 0.497 e. The molecular formula is C11H10O4. The van der Waals surface area contributed by atoms with Gasteiger partial charge >= 0.3 is 0 Å². The van der Waals surface area contributed by atoms with Gasteiger partial charge in [0.2, 0.25) is 5.76 Å². The normalized spacial score (nSPS) is 10.3. The van der Waals surface area contributed by atoms with Crippen LogP contribution in [0.3, 0.4) is 0 Å². The zero-order chi connectivity index (χ0) is 10.8. The highest BCUT2D eigenvalue weighted by Crippen LogP contribution is 2.34. The molecule has 0 saturated heterocycles. The molecule has 2 aromatic rings. The van der Waals surface area contributed by atoms with Gasteiger partial charge in [-0.25, -0.2) is 0 Å². The van der Waals surface area contributed by atoms with Crippen LogP contribution in [0.1, 0.15) is 10.6 Å². The van der Waals surface area contributed by atoms with Gasteiger partial charge < -0.3 is 13.9 Å². The molecule has 1 aromatic carbocycles. The number of carbonyl (C=O) groups excluding carboxylic acids is 1. The van der Waals surface area contributed by atoms with E-state index in [1.54, 1.807) is 25.3 Å². The molecule has 0 radical (unpaired) electrons. The summed E-state index contributed by atoms with van der Waals surface area (Å²) < 4.78 is 15.5. The second-order valence-electron chi connectivity index (χ2n) is 2.98. The Kier molecular flexibility index (Phi) is 2.33. The Morgan fingerprint density at radius 2 is 2.07 bits per heavy atom. The second-order valence-corrected chi connectivity index (χ2v) is 2.98. The molecule has 4 heteroatoms. The third-order valence-electron chi connectivity index (χ3n) is 2.19. The minimum absolute atomic E-state index is 0.195. The molecule has 0 bridgehead atoms. The van der Waals surface area contributed by atoms with E-state index in [0.29, 0.717) is 23.4 Å². The molecule has 4 nitrogen and oxygen atoms in total. The molecule has 0 fully saturated rings. The Morgan fingerprint density at radius 1 is 1.27 bits per heavy atom. The lowest BCUT2D eigenvalue weighted by atomic mass is 10.2. The van der Waals surface area contributed by atoms with Gasteiger partial charge in [-0.05, 0) is 18.2 Å². The fourth-order valence-corrected chi connectivity index (χ4v) is 1.49. The molecule has 0 aliphatic heterocycles. The third-order valence-corrected chi connectivity index (χ3v) is 2.19. The van der Waals surface area contributed by atoms with Gasteiger partial charge in [0.25, 0.3) is 0 Å². The first-order valence-corrected chi connectivity index (χ1v) is 4.40. The Labute approximate surface area is 86.4 Å². The van der Waals surface area contributed by atoms with Crippen molar-refractivity contribution in [3.63, 3.8) is 0 Å². The van der Waals surface area contributed by atoms with Crippen LogP contribution in [0.25, 0.3) is 11.0 Å². The summed E-state index contributed by atoms with van der Waals surface area (Å²) in [5, 5.41) is 0.735. The van der Waals surface area contributed by atoms with Crippen molar-refractivity contribution >= 4 is 17.3 Å². The fraction of sp³-hybridized carbons (Fsp3) is 0.182. The van der Waals surface area contributed by atoms with Gasteiger partial charge in [0, 0.05) is 0 Å². The van der Waals surface area contributed by atoms with E-state index >= 15 is 0 Å². The van der Waals surface area contributed by atoms with E-state index in [1.165, 1.54) is 7.11 Å². The van der Waals surface area contributed by atoms with Crippen molar-refractivity contribution in [1.29, 1.82) is 0 Å². The maximum absolute atomic E-state index is 10.7. The van der Waals surface area contributed by atoms with E-state index in [-0.39, 0.29) is 5.76 Å². The summed E-state index contributed by atoms with van der Waals surface area (Å²) in [6, 6.07) is 5.27. The van der Waals surface area contributed by atoms with Crippen molar-refractivity contribution in [2.45, 2.75) is 0 Å². The summed E-state index contributed by atoms with van der Waals surface area (Å²) >= 11 is 0.